The molecule has 0 aliphatic carbocycles. The molecule has 28 heavy (non-hydrogen) atoms. The van der Waals surface area contributed by atoms with Gasteiger partial charge < -0.3 is 13.8 Å². The second-order valence-corrected chi connectivity index (χ2v) is 6.73. The third-order valence-electron chi connectivity index (χ3n) is 3.95. The van der Waals surface area contributed by atoms with Crippen molar-refractivity contribution < 1.29 is 8.83 Å². The standard InChI is InChI=1S/C18H12N6O3S/c25-16-12-9-19-24(11-5-2-1-3-6-11)15(12)20-18(21-16)28-10-14-22-23-17(27-14)13-7-4-8-26-13/h1-9H,10H2,(H,20,21,25). The summed E-state index contributed by atoms with van der Waals surface area (Å²) in [6.45, 7) is 0. The Morgan fingerprint density at radius 3 is 2.82 bits per heavy atom. The fraction of sp³-hybridized carbons (Fsp3) is 0.0556. The molecule has 0 aliphatic rings. The number of thioether (sulfide) groups is 1. The molecule has 10 heteroatoms. The minimum atomic E-state index is -0.253. The van der Waals surface area contributed by atoms with Gasteiger partial charge in [-0.25, -0.2) is 9.67 Å². The van der Waals surface area contributed by atoms with E-state index in [9.17, 15) is 4.79 Å². The van der Waals surface area contributed by atoms with Crippen LogP contribution in [0.4, 0.5) is 0 Å². The Morgan fingerprint density at radius 2 is 2.00 bits per heavy atom. The number of benzene rings is 1. The molecule has 9 nitrogen and oxygen atoms in total. The molecule has 138 valence electrons. The molecule has 0 amide bonds. The average molecular weight is 392 g/mol. The van der Waals surface area contributed by atoms with E-state index in [1.807, 2.05) is 30.3 Å². The highest BCUT2D eigenvalue weighted by Gasteiger charge is 2.14. The maximum Gasteiger partial charge on any atom is 0.283 e. The maximum absolute atomic E-state index is 12.4. The lowest BCUT2D eigenvalue weighted by atomic mass is 10.3. The molecule has 5 aromatic rings. The van der Waals surface area contributed by atoms with E-state index in [4.69, 9.17) is 8.83 Å². The van der Waals surface area contributed by atoms with Crippen molar-refractivity contribution in [3.05, 3.63) is 71.2 Å². The van der Waals surface area contributed by atoms with Gasteiger partial charge in [0.25, 0.3) is 11.4 Å². The number of furan rings is 1. The Bertz CT molecular complexity index is 1290. The first-order chi connectivity index (χ1) is 13.8. The summed E-state index contributed by atoms with van der Waals surface area (Å²) in [6, 6.07) is 13.0. The van der Waals surface area contributed by atoms with Gasteiger partial charge in [0.15, 0.2) is 16.6 Å². The predicted octanol–water partition coefficient (Wildman–Crippen LogP) is 3.04. The van der Waals surface area contributed by atoms with Gasteiger partial charge in [-0.15, -0.1) is 10.2 Å². The van der Waals surface area contributed by atoms with Gasteiger partial charge in [-0.1, -0.05) is 30.0 Å². The smallest absolute Gasteiger partial charge is 0.283 e. The summed E-state index contributed by atoms with van der Waals surface area (Å²) >= 11 is 1.29. The molecule has 0 bridgehead atoms. The van der Waals surface area contributed by atoms with Crippen LogP contribution in [-0.4, -0.2) is 29.9 Å². The van der Waals surface area contributed by atoms with Gasteiger partial charge in [0.05, 0.1) is 23.9 Å². The van der Waals surface area contributed by atoms with E-state index in [1.165, 1.54) is 24.2 Å². The number of nitrogens with zero attached hydrogens (tertiary/aromatic N) is 5. The summed E-state index contributed by atoms with van der Waals surface area (Å²) in [6.07, 6.45) is 3.05. The van der Waals surface area contributed by atoms with Gasteiger partial charge in [-0.05, 0) is 24.3 Å². The van der Waals surface area contributed by atoms with Crippen LogP contribution in [0.15, 0.2) is 73.7 Å². The lowest BCUT2D eigenvalue weighted by Crippen LogP contribution is -2.09. The van der Waals surface area contributed by atoms with Crippen molar-refractivity contribution in [2.45, 2.75) is 10.9 Å². The van der Waals surface area contributed by atoms with Crippen molar-refractivity contribution in [3.8, 4) is 17.3 Å². The van der Waals surface area contributed by atoms with Gasteiger partial charge in [0.2, 0.25) is 5.89 Å². The van der Waals surface area contributed by atoms with E-state index in [2.05, 4.69) is 25.3 Å². The van der Waals surface area contributed by atoms with Crippen LogP contribution in [0.25, 0.3) is 28.4 Å². The van der Waals surface area contributed by atoms with E-state index < -0.39 is 0 Å². The minimum absolute atomic E-state index is 0.253. The van der Waals surface area contributed by atoms with Crippen LogP contribution in [0.3, 0.4) is 0 Å². The molecule has 4 heterocycles. The maximum atomic E-state index is 12.4. The largest absolute Gasteiger partial charge is 0.459 e. The molecule has 1 aromatic carbocycles. The quantitative estimate of drug-likeness (QED) is 0.358. The first-order valence-electron chi connectivity index (χ1n) is 8.30. The number of rotatable bonds is 5. The fourth-order valence-electron chi connectivity index (χ4n) is 2.67. The zero-order valence-corrected chi connectivity index (χ0v) is 15.1. The van der Waals surface area contributed by atoms with Gasteiger partial charge in [-0.3, -0.25) is 4.79 Å². The number of fused-ring (bicyclic) bond motifs is 1. The molecule has 0 aliphatic heterocycles. The molecule has 0 radical (unpaired) electrons. The van der Waals surface area contributed by atoms with Crippen molar-refractivity contribution in [1.29, 1.82) is 0 Å². The molecule has 0 spiro atoms. The Balaban J connectivity index is 1.43. The van der Waals surface area contributed by atoms with Crippen LogP contribution in [0.5, 0.6) is 0 Å². The predicted molar refractivity (Wildman–Crippen MR) is 101 cm³/mol. The van der Waals surface area contributed by atoms with Crippen LogP contribution < -0.4 is 5.56 Å². The summed E-state index contributed by atoms with van der Waals surface area (Å²) in [4.78, 5) is 19.7. The minimum Gasteiger partial charge on any atom is -0.459 e. The van der Waals surface area contributed by atoms with Gasteiger partial charge >= 0.3 is 0 Å². The molecule has 1 N–H and O–H groups in total. The zero-order valence-electron chi connectivity index (χ0n) is 14.3. The second-order valence-electron chi connectivity index (χ2n) is 5.77. The molecule has 0 fully saturated rings. The van der Waals surface area contributed by atoms with Crippen LogP contribution in [0.2, 0.25) is 0 Å². The number of nitrogens with one attached hydrogen (secondary N) is 1. The fourth-order valence-corrected chi connectivity index (χ4v) is 3.36. The van der Waals surface area contributed by atoms with Crippen LogP contribution in [-0.2, 0) is 5.75 Å². The Hall–Kier alpha value is -3.66. The Kier molecular flexibility index (Phi) is 4.02. The van der Waals surface area contributed by atoms with E-state index in [-0.39, 0.29) is 5.56 Å². The van der Waals surface area contributed by atoms with Crippen LogP contribution in [0.1, 0.15) is 5.89 Å². The average Bonchev–Trinajstić information content (AvgIpc) is 3.46. The van der Waals surface area contributed by atoms with Crippen LogP contribution >= 0.6 is 11.8 Å². The Labute approximate surface area is 161 Å². The summed E-state index contributed by atoms with van der Waals surface area (Å²) in [5, 5.41) is 13.1. The highest BCUT2D eigenvalue weighted by atomic mass is 32.2. The van der Waals surface area contributed by atoms with E-state index >= 15 is 0 Å². The Morgan fingerprint density at radius 1 is 1.11 bits per heavy atom. The summed E-state index contributed by atoms with van der Waals surface area (Å²) in [7, 11) is 0. The monoisotopic (exact) mass is 392 g/mol. The molecular formula is C18H12N6O3S. The van der Waals surface area contributed by atoms with Crippen LogP contribution in [0, 0.1) is 0 Å². The topological polar surface area (TPSA) is 116 Å². The van der Waals surface area contributed by atoms with Gasteiger partial charge in [0, 0.05) is 0 Å². The molecule has 0 saturated carbocycles. The highest BCUT2D eigenvalue weighted by molar-refractivity contribution is 7.98. The van der Waals surface area contributed by atoms with E-state index in [1.54, 1.807) is 16.8 Å². The number of hydrogen-bond acceptors (Lipinski definition) is 8. The third kappa shape index (κ3) is 2.99. The zero-order chi connectivity index (χ0) is 18.9. The number of aromatic nitrogens is 6. The van der Waals surface area contributed by atoms with Crippen molar-refractivity contribution in [3.63, 3.8) is 0 Å². The van der Waals surface area contributed by atoms with Crippen molar-refractivity contribution in [2.75, 3.05) is 0 Å². The second kappa shape index (κ2) is 6.82. The number of H-pyrrole nitrogens is 1. The SMILES string of the molecule is O=c1[nH]c(SCc2nnc(-c3ccco3)o2)nc2c1cnn2-c1ccccc1. The van der Waals surface area contributed by atoms with Crippen molar-refractivity contribution in [2.24, 2.45) is 0 Å². The number of para-hydroxylation sites is 1. The summed E-state index contributed by atoms with van der Waals surface area (Å²) in [5.41, 5.74) is 1.06. The van der Waals surface area contributed by atoms with Crippen molar-refractivity contribution >= 4 is 22.8 Å². The molecule has 5 rings (SSSR count). The number of aromatic amines is 1. The van der Waals surface area contributed by atoms with Gasteiger partial charge in [-0.2, -0.15) is 5.10 Å². The van der Waals surface area contributed by atoms with Gasteiger partial charge in [0.1, 0.15) is 5.39 Å². The lowest BCUT2D eigenvalue weighted by molar-refractivity contribution is 0.494. The molecule has 0 saturated heterocycles. The highest BCUT2D eigenvalue weighted by Crippen LogP contribution is 2.23. The van der Waals surface area contributed by atoms with E-state index in [0.29, 0.717) is 39.5 Å². The molecule has 0 unspecified atom stereocenters. The van der Waals surface area contributed by atoms with Crippen molar-refractivity contribution in [1.82, 2.24) is 29.9 Å². The van der Waals surface area contributed by atoms with E-state index in [0.717, 1.165) is 5.69 Å². The molecule has 0 atom stereocenters. The number of hydrogen-bond donors (Lipinski definition) is 1. The summed E-state index contributed by atoms with van der Waals surface area (Å²) in [5.74, 6) is 1.56. The third-order valence-corrected chi connectivity index (χ3v) is 4.81. The normalized spacial score (nSPS) is 11.3. The first-order valence-corrected chi connectivity index (χ1v) is 9.29. The first kappa shape index (κ1) is 16.5. The summed E-state index contributed by atoms with van der Waals surface area (Å²) < 4.78 is 12.4. The molecular weight excluding hydrogens is 380 g/mol. The lowest BCUT2D eigenvalue weighted by Gasteiger charge is -2.03. The molecule has 4 aromatic heterocycles.